The summed E-state index contributed by atoms with van der Waals surface area (Å²) in [6.07, 6.45) is 0. The molecule has 0 amide bonds. The summed E-state index contributed by atoms with van der Waals surface area (Å²) in [6.45, 7) is 6.25. The molecule has 0 aliphatic carbocycles. The monoisotopic (exact) mass is 279 g/mol. The standard InChI is InChI=1S/C14H18FN3S/c1-14(2,3)13-12(19-18-17-13)11(16-4)9-7-5-6-8-10(9)15/h5-8,11,16H,1-4H3. The van der Waals surface area contributed by atoms with Crippen LogP contribution in [0.15, 0.2) is 24.3 Å². The van der Waals surface area contributed by atoms with Gasteiger partial charge < -0.3 is 5.32 Å². The summed E-state index contributed by atoms with van der Waals surface area (Å²) in [5.41, 5.74) is 1.43. The molecule has 2 rings (SSSR count). The van der Waals surface area contributed by atoms with Gasteiger partial charge in [0.2, 0.25) is 0 Å². The molecule has 102 valence electrons. The zero-order chi connectivity index (χ0) is 14.0. The highest BCUT2D eigenvalue weighted by atomic mass is 32.1. The lowest BCUT2D eigenvalue weighted by Crippen LogP contribution is -2.23. The number of aromatic nitrogens is 2. The zero-order valence-electron chi connectivity index (χ0n) is 11.6. The number of rotatable bonds is 3. The first kappa shape index (κ1) is 14.1. The number of benzene rings is 1. The SMILES string of the molecule is CNC(c1ccccc1F)c1snnc1C(C)(C)C. The smallest absolute Gasteiger partial charge is 0.128 e. The molecule has 0 fully saturated rings. The van der Waals surface area contributed by atoms with Gasteiger partial charge in [0.25, 0.3) is 0 Å². The van der Waals surface area contributed by atoms with E-state index in [4.69, 9.17) is 0 Å². The molecule has 0 bridgehead atoms. The number of nitrogens with one attached hydrogen (secondary N) is 1. The summed E-state index contributed by atoms with van der Waals surface area (Å²) in [5.74, 6) is -0.213. The van der Waals surface area contributed by atoms with Gasteiger partial charge in [0.1, 0.15) is 5.82 Å². The van der Waals surface area contributed by atoms with Gasteiger partial charge in [-0.05, 0) is 24.6 Å². The lowest BCUT2D eigenvalue weighted by Gasteiger charge is -2.22. The van der Waals surface area contributed by atoms with Crippen LogP contribution in [0.1, 0.15) is 42.9 Å². The van der Waals surface area contributed by atoms with Crippen LogP contribution in [-0.2, 0) is 5.41 Å². The Kier molecular flexibility index (Phi) is 3.96. The van der Waals surface area contributed by atoms with Crippen molar-refractivity contribution >= 4 is 11.5 Å². The Morgan fingerprint density at radius 3 is 2.53 bits per heavy atom. The highest BCUT2D eigenvalue weighted by Gasteiger charge is 2.28. The Morgan fingerprint density at radius 1 is 1.26 bits per heavy atom. The third-order valence-electron chi connectivity index (χ3n) is 2.99. The van der Waals surface area contributed by atoms with E-state index in [0.29, 0.717) is 5.56 Å². The molecule has 1 atom stereocenters. The first-order valence-corrected chi connectivity index (χ1v) is 6.97. The van der Waals surface area contributed by atoms with Crippen molar-refractivity contribution in [3.05, 3.63) is 46.2 Å². The predicted molar refractivity (Wildman–Crippen MR) is 75.9 cm³/mol. The van der Waals surface area contributed by atoms with Crippen LogP contribution in [0.25, 0.3) is 0 Å². The molecule has 3 nitrogen and oxygen atoms in total. The zero-order valence-corrected chi connectivity index (χ0v) is 12.4. The molecule has 1 aromatic carbocycles. The molecule has 5 heteroatoms. The number of nitrogens with zero attached hydrogens (tertiary/aromatic N) is 2. The highest BCUT2D eigenvalue weighted by molar-refractivity contribution is 7.05. The minimum atomic E-state index is -0.213. The van der Waals surface area contributed by atoms with Crippen LogP contribution >= 0.6 is 11.5 Å². The fourth-order valence-electron chi connectivity index (χ4n) is 2.04. The lowest BCUT2D eigenvalue weighted by molar-refractivity contribution is 0.538. The number of halogens is 1. The maximum Gasteiger partial charge on any atom is 0.128 e. The van der Waals surface area contributed by atoms with Gasteiger partial charge >= 0.3 is 0 Å². The minimum absolute atomic E-state index is 0.108. The maximum absolute atomic E-state index is 14.0. The quantitative estimate of drug-likeness (QED) is 0.937. The second-order valence-electron chi connectivity index (χ2n) is 5.48. The first-order valence-electron chi connectivity index (χ1n) is 6.19. The molecule has 2 aromatic rings. The van der Waals surface area contributed by atoms with E-state index in [1.807, 2.05) is 13.1 Å². The van der Waals surface area contributed by atoms with E-state index in [0.717, 1.165) is 10.6 Å². The van der Waals surface area contributed by atoms with Gasteiger partial charge in [-0.2, -0.15) is 0 Å². The molecular formula is C14H18FN3S. The van der Waals surface area contributed by atoms with Crippen LogP contribution in [0.5, 0.6) is 0 Å². The second kappa shape index (κ2) is 5.35. The predicted octanol–water partition coefficient (Wildman–Crippen LogP) is 3.28. The third-order valence-corrected chi connectivity index (χ3v) is 3.78. The summed E-state index contributed by atoms with van der Waals surface area (Å²) < 4.78 is 18.0. The van der Waals surface area contributed by atoms with Crippen molar-refractivity contribution in [1.29, 1.82) is 0 Å². The van der Waals surface area contributed by atoms with Crippen LogP contribution in [0.3, 0.4) is 0 Å². The molecular weight excluding hydrogens is 261 g/mol. The largest absolute Gasteiger partial charge is 0.308 e. The maximum atomic E-state index is 14.0. The van der Waals surface area contributed by atoms with Crippen molar-refractivity contribution in [2.75, 3.05) is 7.05 Å². The summed E-state index contributed by atoms with van der Waals surface area (Å²) >= 11 is 1.32. The van der Waals surface area contributed by atoms with E-state index in [-0.39, 0.29) is 17.3 Å². The molecule has 1 unspecified atom stereocenters. The van der Waals surface area contributed by atoms with E-state index in [1.165, 1.54) is 17.6 Å². The van der Waals surface area contributed by atoms with Gasteiger partial charge in [-0.3, -0.25) is 0 Å². The molecule has 0 saturated carbocycles. The number of hydrogen-bond acceptors (Lipinski definition) is 4. The topological polar surface area (TPSA) is 37.8 Å². The van der Waals surface area contributed by atoms with Crippen LogP contribution in [-0.4, -0.2) is 16.6 Å². The molecule has 1 aromatic heterocycles. The molecule has 1 heterocycles. The summed E-state index contributed by atoms with van der Waals surface area (Å²) in [4.78, 5) is 0.972. The van der Waals surface area contributed by atoms with Crippen molar-refractivity contribution in [3.63, 3.8) is 0 Å². The third kappa shape index (κ3) is 2.82. The number of hydrogen-bond donors (Lipinski definition) is 1. The van der Waals surface area contributed by atoms with Crippen molar-refractivity contribution < 1.29 is 4.39 Å². The van der Waals surface area contributed by atoms with Gasteiger partial charge in [-0.1, -0.05) is 43.5 Å². The Morgan fingerprint density at radius 2 is 1.95 bits per heavy atom. The Bertz CT molecular complexity index is 560. The summed E-state index contributed by atoms with van der Waals surface area (Å²) in [5, 5.41) is 7.38. The highest BCUT2D eigenvalue weighted by Crippen LogP contribution is 2.34. The average Bonchev–Trinajstić information content (AvgIpc) is 2.81. The summed E-state index contributed by atoms with van der Waals surface area (Å²) in [7, 11) is 1.82. The van der Waals surface area contributed by atoms with E-state index >= 15 is 0 Å². The van der Waals surface area contributed by atoms with E-state index in [2.05, 4.69) is 35.7 Å². The molecule has 19 heavy (non-hydrogen) atoms. The average molecular weight is 279 g/mol. The Hall–Kier alpha value is -1.33. The van der Waals surface area contributed by atoms with Gasteiger partial charge in [0.05, 0.1) is 16.6 Å². The van der Waals surface area contributed by atoms with Crippen molar-refractivity contribution in [2.24, 2.45) is 0 Å². The van der Waals surface area contributed by atoms with E-state index in [9.17, 15) is 4.39 Å². The fourth-order valence-corrected chi connectivity index (χ4v) is 3.04. The first-order chi connectivity index (χ1) is 8.95. The van der Waals surface area contributed by atoms with Gasteiger partial charge in [-0.15, -0.1) is 5.10 Å². The Labute approximate surface area is 117 Å². The van der Waals surface area contributed by atoms with Crippen LogP contribution in [0.2, 0.25) is 0 Å². The van der Waals surface area contributed by atoms with Crippen LogP contribution in [0, 0.1) is 5.82 Å². The molecule has 0 saturated heterocycles. The summed E-state index contributed by atoms with van der Waals surface area (Å²) in [6, 6.07) is 6.60. The van der Waals surface area contributed by atoms with Gasteiger partial charge in [0, 0.05) is 11.0 Å². The van der Waals surface area contributed by atoms with Gasteiger partial charge in [0.15, 0.2) is 0 Å². The fraction of sp³-hybridized carbons (Fsp3) is 0.429. The Balaban J connectivity index is 2.50. The molecule has 0 spiro atoms. The molecule has 0 radical (unpaired) electrons. The van der Waals surface area contributed by atoms with Crippen molar-refractivity contribution in [3.8, 4) is 0 Å². The second-order valence-corrected chi connectivity index (χ2v) is 6.26. The molecule has 1 N–H and O–H groups in total. The minimum Gasteiger partial charge on any atom is -0.308 e. The van der Waals surface area contributed by atoms with Crippen molar-refractivity contribution in [2.45, 2.75) is 32.2 Å². The molecule has 0 aliphatic heterocycles. The van der Waals surface area contributed by atoms with Crippen molar-refractivity contribution in [1.82, 2.24) is 14.9 Å². The van der Waals surface area contributed by atoms with Crippen LogP contribution < -0.4 is 5.32 Å². The lowest BCUT2D eigenvalue weighted by atomic mass is 9.89. The van der Waals surface area contributed by atoms with E-state index < -0.39 is 0 Å². The van der Waals surface area contributed by atoms with Crippen LogP contribution in [0.4, 0.5) is 4.39 Å². The normalized spacial score (nSPS) is 13.5. The molecule has 0 aliphatic rings. The van der Waals surface area contributed by atoms with E-state index in [1.54, 1.807) is 12.1 Å². The van der Waals surface area contributed by atoms with Gasteiger partial charge in [-0.25, -0.2) is 4.39 Å².